The van der Waals surface area contributed by atoms with Crippen LogP contribution in [0.3, 0.4) is 0 Å². The van der Waals surface area contributed by atoms with Crippen molar-refractivity contribution in [2.24, 2.45) is 0 Å². The lowest BCUT2D eigenvalue weighted by atomic mass is 10.1. The number of nitrogens with zero attached hydrogens (tertiary/aromatic N) is 1. The van der Waals surface area contributed by atoms with Gasteiger partial charge in [0.1, 0.15) is 5.82 Å². The van der Waals surface area contributed by atoms with Crippen LogP contribution >= 0.6 is 0 Å². The van der Waals surface area contributed by atoms with Crippen molar-refractivity contribution < 1.29 is 14.0 Å². The monoisotopic (exact) mass is 326 g/mol. The van der Waals surface area contributed by atoms with Gasteiger partial charge in [0.25, 0.3) is 0 Å². The van der Waals surface area contributed by atoms with Gasteiger partial charge in [-0.05, 0) is 36.6 Å². The Bertz CT molecular complexity index is 746. The second kappa shape index (κ2) is 7.25. The van der Waals surface area contributed by atoms with E-state index < -0.39 is 5.82 Å². The summed E-state index contributed by atoms with van der Waals surface area (Å²) in [5, 5.41) is 2.58. The number of carbonyl (C=O) groups is 2. The molecule has 1 N–H and O–H groups in total. The molecule has 2 aromatic carbocycles. The largest absolute Gasteiger partial charge is 0.323 e. The Kier molecular flexibility index (Phi) is 4.89. The Morgan fingerprint density at radius 1 is 1.12 bits per heavy atom. The molecule has 2 amide bonds. The zero-order valence-corrected chi connectivity index (χ0v) is 13.3. The van der Waals surface area contributed by atoms with E-state index in [1.807, 2.05) is 30.3 Å². The van der Waals surface area contributed by atoms with Gasteiger partial charge in [-0.15, -0.1) is 0 Å². The lowest BCUT2D eigenvalue weighted by Gasteiger charge is -2.27. The number of nitrogens with one attached hydrogen (secondary N) is 1. The van der Waals surface area contributed by atoms with Gasteiger partial charge in [0.15, 0.2) is 0 Å². The van der Waals surface area contributed by atoms with Gasteiger partial charge in [-0.1, -0.05) is 30.3 Å². The molecule has 0 aromatic heterocycles. The number of piperidine rings is 1. The van der Waals surface area contributed by atoms with Crippen molar-refractivity contribution in [2.45, 2.75) is 25.7 Å². The zero-order chi connectivity index (χ0) is 16.9. The quantitative estimate of drug-likeness (QED) is 0.934. The molecule has 2 aromatic rings. The second-order valence-electron chi connectivity index (χ2n) is 5.88. The van der Waals surface area contributed by atoms with Crippen LogP contribution in [0.25, 0.3) is 0 Å². The van der Waals surface area contributed by atoms with Crippen molar-refractivity contribution in [1.82, 2.24) is 0 Å². The standard InChI is InChI=1S/C19H19FN2O2/c20-16-13-15(22-11-5-4-8-19(22)24)9-10-17(16)21-18(23)12-14-6-2-1-3-7-14/h1-3,6-7,9-10,13H,4-5,8,11-12H2,(H,21,23). The van der Waals surface area contributed by atoms with E-state index in [1.54, 1.807) is 11.0 Å². The van der Waals surface area contributed by atoms with Gasteiger partial charge < -0.3 is 10.2 Å². The molecule has 0 atom stereocenters. The molecule has 4 nitrogen and oxygen atoms in total. The van der Waals surface area contributed by atoms with Crippen LogP contribution in [0.15, 0.2) is 48.5 Å². The van der Waals surface area contributed by atoms with E-state index in [9.17, 15) is 14.0 Å². The molecule has 1 heterocycles. The summed E-state index contributed by atoms with van der Waals surface area (Å²) in [5.74, 6) is -0.796. The summed E-state index contributed by atoms with van der Waals surface area (Å²) in [6.07, 6.45) is 2.48. The summed E-state index contributed by atoms with van der Waals surface area (Å²) in [5.41, 5.74) is 1.54. The summed E-state index contributed by atoms with van der Waals surface area (Å²) in [6, 6.07) is 13.8. The van der Waals surface area contributed by atoms with Gasteiger partial charge in [-0.2, -0.15) is 0 Å². The fourth-order valence-corrected chi connectivity index (χ4v) is 2.83. The number of rotatable bonds is 4. The highest BCUT2D eigenvalue weighted by Crippen LogP contribution is 2.25. The highest BCUT2D eigenvalue weighted by molar-refractivity contribution is 5.95. The lowest BCUT2D eigenvalue weighted by molar-refractivity contribution is -0.119. The Hall–Kier alpha value is -2.69. The van der Waals surface area contributed by atoms with Gasteiger partial charge in [0.2, 0.25) is 11.8 Å². The molecular weight excluding hydrogens is 307 g/mol. The highest BCUT2D eigenvalue weighted by atomic mass is 19.1. The highest BCUT2D eigenvalue weighted by Gasteiger charge is 2.20. The molecule has 0 unspecified atom stereocenters. The summed E-state index contributed by atoms with van der Waals surface area (Å²) in [6.45, 7) is 0.609. The summed E-state index contributed by atoms with van der Waals surface area (Å²) in [7, 11) is 0. The summed E-state index contributed by atoms with van der Waals surface area (Å²) in [4.78, 5) is 25.5. The molecule has 124 valence electrons. The minimum Gasteiger partial charge on any atom is -0.323 e. The van der Waals surface area contributed by atoms with E-state index in [0.29, 0.717) is 18.7 Å². The normalized spacial score (nSPS) is 14.5. The first-order chi connectivity index (χ1) is 11.6. The minimum atomic E-state index is -0.535. The van der Waals surface area contributed by atoms with Crippen LogP contribution in [0.4, 0.5) is 15.8 Å². The van der Waals surface area contributed by atoms with E-state index in [4.69, 9.17) is 0 Å². The van der Waals surface area contributed by atoms with E-state index in [2.05, 4.69) is 5.32 Å². The number of benzene rings is 2. The molecule has 1 saturated heterocycles. The number of hydrogen-bond donors (Lipinski definition) is 1. The SMILES string of the molecule is O=C(Cc1ccccc1)Nc1ccc(N2CCCCC2=O)cc1F. The van der Waals surface area contributed by atoms with Gasteiger partial charge in [-0.3, -0.25) is 9.59 Å². The Morgan fingerprint density at radius 3 is 2.62 bits per heavy atom. The third kappa shape index (κ3) is 3.79. The first-order valence-electron chi connectivity index (χ1n) is 8.07. The predicted octanol–water partition coefficient (Wildman–Crippen LogP) is 3.52. The number of carbonyl (C=O) groups excluding carboxylic acids is 2. The van der Waals surface area contributed by atoms with Crippen molar-refractivity contribution in [3.63, 3.8) is 0 Å². The molecule has 1 fully saturated rings. The average molecular weight is 326 g/mol. The Balaban J connectivity index is 1.68. The van der Waals surface area contributed by atoms with Crippen LogP contribution in [-0.4, -0.2) is 18.4 Å². The first kappa shape index (κ1) is 16.2. The van der Waals surface area contributed by atoms with Crippen LogP contribution in [0.2, 0.25) is 0 Å². The fraction of sp³-hybridized carbons (Fsp3) is 0.263. The van der Waals surface area contributed by atoms with Crippen LogP contribution in [0.5, 0.6) is 0 Å². The van der Waals surface area contributed by atoms with Gasteiger partial charge in [0, 0.05) is 18.7 Å². The molecule has 0 aliphatic carbocycles. The molecule has 0 saturated carbocycles. The molecular formula is C19H19FN2O2. The predicted molar refractivity (Wildman–Crippen MR) is 91.4 cm³/mol. The summed E-state index contributed by atoms with van der Waals surface area (Å²) < 4.78 is 14.3. The van der Waals surface area contributed by atoms with Gasteiger partial charge in [-0.25, -0.2) is 4.39 Å². The van der Waals surface area contributed by atoms with Crippen molar-refractivity contribution in [3.8, 4) is 0 Å². The topological polar surface area (TPSA) is 49.4 Å². The number of hydrogen-bond acceptors (Lipinski definition) is 2. The Labute approximate surface area is 140 Å². The fourth-order valence-electron chi connectivity index (χ4n) is 2.83. The van der Waals surface area contributed by atoms with Crippen molar-refractivity contribution in [2.75, 3.05) is 16.8 Å². The van der Waals surface area contributed by atoms with E-state index in [-0.39, 0.29) is 23.9 Å². The maximum Gasteiger partial charge on any atom is 0.228 e. The average Bonchev–Trinajstić information content (AvgIpc) is 2.58. The van der Waals surface area contributed by atoms with Crippen LogP contribution in [0.1, 0.15) is 24.8 Å². The van der Waals surface area contributed by atoms with E-state index >= 15 is 0 Å². The van der Waals surface area contributed by atoms with Gasteiger partial charge >= 0.3 is 0 Å². The molecule has 0 bridgehead atoms. The van der Waals surface area contributed by atoms with Crippen LogP contribution in [0, 0.1) is 5.82 Å². The number of amides is 2. The maximum atomic E-state index is 14.3. The molecule has 5 heteroatoms. The molecule has 1 aliphatic heterocycles. The zero-order valence-electron chi connectivity index (χ0n) is 13.3. The van der Waals surface area contributed by atoms with Crippen LogP contribution < -0.4 is 10.2 Å². The van der Waals surface area contributed by atoms with Gasteiger partial charge in [0.05, 0.1) is 12.1 Å². The molecule has 0 radical (unpaired) electrons. The van der Waals surface area contributed by atoms with Crippen molar-refractivity contribution >= 4 is 23.2 Å². The van der Waals surface area contributed by atoms with Crippen molar-refractivity contribution in [3.05, 3.63) is 59.9 Å². The van der Waals surface area contributed by atoms with Crippen molar-refractivity contribution in [1.29, 1.82) is 0 Å². The number of anilines is 2. The Morgan fingerprint density at radius 2 is 1.92 bits per heavy atom. The first-order valence-corrected chi connectivity index (χ1v) is 8.07. The maximum absolute atomic E-state index is 14.3. The van der Waals surface area contributed by atoms with E-state index in [1.165, 1.54) is 12.1 Å². The molecule has 1 aliphatic rings. The van der Waals surface area contributed by atoms with Crippen LogP contribution in [-0.2, 0) is 16.0 Å². The number of halogens is 1. The molecule has 0 spiro atoms. The molecule has 24 heavy (non-hydrogen) atoms. The minimum absolute atomic E-state index is 0.0153. The second-order valence-corrected chi connectivity index (χ2v) is 5.88. The molecule has 3 rings (SSSR count). The van der Waals surface area contributed by atoms with E-state index in [0.717, 1.165) is 18.4 Å². The third-order valence-electron chi connectivity index (χ3n) is 4.07. The summed E-state index contributed by atoms with van der Waals surface area (Å²) >= 11 is 0. The third-order valence-corrected chi connectivity index (χ3v) is 4.07. The lowest BCUT2D eigenvalue weighted by Crippen LogP contribution is -2.35. The smallest absolute Gasteiger partial charge is 0.228 e.